The van der Waals surface area contributed by atoms with E-state index in [0.717, 1.165) is 37.3 Å². The number of rotatable bonds is 4. The zero-order valence-corrected chi connectivity index (χ0v) is 16.6. The molecule has 0 unspecified atom stereocenters. The molecule has 4 aromatic rings. The molecule has 2 N–H and O–H groups in total. The number of aromatic nitrogens is 4. The molecule has 30 heavy (non-hydrogen) atoms. The van der Waals surface area contributed by atoms with Crippen molar-refractivity contribution < 1.29 is 9.13 Å². The lowest BCUT2D eigenvalue weighted by molar-refractivity contribution is 0.244. The predicted octanol–water partition coefficient (Wildman–Crippen LogP) is 2.33. The molecule has 5 rings (SSSR count). The molecule has 1 aliphatic rings. The van der Waals surface area contributed by atoms with Gasteiger partial charge in [-0.05, 0) is 36.4 Å². The third-order valence-corrected chi connectivity index (χ3v) is 5.48. The van der Waals surface area contributed by atoms with Crippen molar-refractivity contribution in [1.29, 1.82) is 0 Å². The van der Waals surface area contributed by atoms with E-state index in [1.807, 2.05) is 30.3 Å². The molecule has 0 saturated carbocycles. The van der Waals surface area contributed by atoms with Crippen LogP contribution in [0.15, 0.2) is 42.5 Å². The van der Waals surface area contributed by atoms with Gasteiger partial charge >= 0.3 is 0 Å². The van der Waals surface area contributed by atoms with Gasteiger partial charge in [-0.25, -0.2) is 14.4 Å². The smallest absolute Gasteiger partial charge is 0.223 e. The molecule has 0 radical (unpaired) electrons. The standard InChI is InChI=1S/C21H22FN7O/c1-30-17-4-2-3-16-19(17)25-21(23)29-20(16)24-18(26-29)13-27-9-11-28(12-10-27)15-7-5-14(22)6-8-15/h2-8H,9-13H2,1H3,(H2,23,25). The Kier molecular flexibility index (Phi) is 4.59. The molecule has 0 spiro atoms. The predicted molar refractivity (Wildman–Crippen MR) is 113 cm³/mol. The molecule has 0 bridgehead atoms. The molecule has 0 atom stereocenters. The molecule has 3 heterocycles. The Morgan fingerprint density at radius 2 is 1.80 bits per heavy atom. The summed E-state index contributed by atoms with van der Waals surface area (Å²) in [5.74, 6) is 1.42. The lowest BCUT2D eigenvalue weighted by atomic mass is 10.2. The second kappa shape index (κ2) is 7.42. The van der Waals surface area contributed by atoms with Crippen molar-refractivity contribution in [2.24, 2.45) is 0 Å². The van der Waals surface area contributed by atoms with Crippen LogP contribution in [0.3, 0.4) is 0 Å². The zero-order chi connectivity index (χ0) is 20.7. The van der Waals surface area contributed by atoms with Gasteiger partial charge in [0.1, 0.15) is 17.1 Å². The fraction of sp³-hybridized carbons (Fsp3) is 0.286. The van der Waals surface area contributed by atoms with Gasteiger partial charge in [-0.1, -0.05) is 6.07 Å². The Bertz CT molecular complexity index is 1200. The molecule has 2 aromatic heterocycles. The first-order chi connectivity index (χ1) is 14.6. The van der Waals surface area contributed by atoms with Crippen LogP contribution in [-0.4, -0.2) is 57.8 Å². The lowest BCUT2D eigenvalue weighted by Gasteiger charge is -2.35. The van der Waals surface area contributed by atoms with Crippen molar-refractivity contribution >= 4 is 28.2 Å². The van der Waals surface area contributed by atoms with Gasteiger partial charge < -0.3 is 15.4 Å². The van der Waals surface area contributed by atoms with E-state index in [0.29, 0.717) is 29.3 Å². The highest BCUT2D eigenvalue weighted by molar-refractivity contribution is 5.95. The van der Waals surface area contributed by atoms with E-state index >= 15 is 0 Å². The summed E-state index contributed by atoms with van der Waals surface area (Å²) in [5.41, 5.74) is 8.53. The molecular formula is C21H22FN7O. The lowest BCUT2D eigenvalue weighted by Crippen LogP contribution is -2.46. The summed E-state index contributed by atoms with van der Waals surface area (Å²) in [6.07, 6.45) is 0. The van der Waals surface area contributed by atoms with E-state index in [1.54, 1.807) is 11.6 Å². The number of ether oxygens (including phenoxy) is 1. The minimum atomic E-state index is -0.214. The summed E-state index contributed by atoms with van der Waals surface area (Å²) in [5, 5.41) is 5.43. The first-order valence-corrected chi connectivity index (χ1v) is 9.83. The van der Waals surface area contributed by atoms with Gasteiger partial charge in [-0.3, -0.25) is 4.90 Å². The van der Waals surface area contributed by atoms with Gasteiger partial charge in [0.15, 0.2) is 11.5 Å². The van der Waals surface area contributed by atoms with E-state index in [2.05, 4.69) is 19.9 Å². The number of hydrogen-bond acceptors (Lipinski definition) is 7. The number of nitrogen functional groups attached to an aromatic ring is 1. The number of anilines is 2. The fourth-order valence-corrected chi connectivity index (χ4v) is 3.92. The highest BCUT2D eigenvalue weighted by Gasteiger charge is 2.20. The Labute approximate surface area is 172 Å². The molecule has 9 heteroatoms. The first kappa shape index (κ1) is 18.6. The van der Waals surface area contributed by atoms with Crippen molar-refractivity contribution in [3.05, 3.63) is 54.1 Å². The second-order valence-corrected chi connectivity index (χ2v) is 7.33. The number of fused-ring (bicyclic) bond motifs is 3. The highest BCUT2D eigenvalue weighted by atomic mass is 19.1. The second-order valence-electron chi connectivity index (χ2n) is 7.33. The van der Waals surface area contributed by atoms with Gasteiger partial charge in [-0.15, -0.1) is 5.10 Å². The fourth-order valence-electron chi connectivity index (χ4n) is 3.92. The number of nitrogens with two attached hydrogens (primary N) is 1. The number of benzene rings is 2. The van der Waals surface area contributed by atoms with E-state index < -0.39 is 0 Å². The van der Waals surface area contributed by atoms with Crippen molar-refractivity contribution in [3.8, 4) is 5.75 Å². The summed E-state index contributed by atoms with van der Waals surface area (Å²) in [7, 11) is 1.61. The summed E-state index contributed by atoms with van der Waals surface area (Å²) in [4.78, 5) is 13.8. The molecule has 154 valence electrons. The summed E-state index contributed by atoms with van der Waals surface area (Å²) in [6.45, 7) is 4.10. The van der Waals surface area contributed by atoms with Gasteiger partial charge in [0.25, 0.3) is 0 Å². The third-order valence-electron chi connectivity index (χ3n) is 5.48. The first-order valence-electron chi connectivity index (χ1n) is 9.83. The zero-order valence-electron chi connectivity index (χ0n) is 16.6. The number of hydrogen-bond donors (Lipinski definition) is 1. The van der Waals surface area contributed by atoms with Crippen LogP contribution in [-0.2, 0) is 6.54 Å². The maximum atomic E-state index is 13.2. The molecule has 2 aromatic carbocycles. The topological polar surface area (TPSA) is 84.8 Å². The van der Waals surface area contributed by atoms with E-state index in [-0.39, 0.29) is 11.8 Å². The minimum Gasteiger partial charge on any atom is -0.494 e. The van der Waals surface area contributed by atoms with Crippen LogP contribution in [0.2, 0.25) is 0 Å². The molecule has 0 amide bonds. The van der Waals surface area contributed by atoms with Gasteiger partial charge in [0.05, 0.1) is 13.7 Å². The number of halogens is 1. The van der Waals surface area contributed by atoms with E-state index in [9.17, 15) is 4.39 Å². The molecule has 1 aliphatic heterocycles. The normalized spacial score (nSPS) is 15.2. The highest BCUT2D eigenvalue weighted by Crippen LogP contribution is 2.27. The van der Waals surface area contributed by atoms with Crippen LogP contribution < -0.4 is 15.4 Å². The average Bonchev–Trinajstić information content (AvgIpc) is 3.19. The van der Waals surface area contributed by atoms with Crippen molar-refractivity contribution in [3.63, 3.8) is 0 Å². The molecule has 1 fully saturated rings. The van der Waals surface area contributed by atoms with Crippen LogP contribution in [0.1, 0.15) is 5.82 Å². The monoisotopic (exact) mass is 407 g/mol. The maximum absolute atomic E-state index is 13.2. The van der Waals surface area contributed by atoms with Crippen LogP contribution >= 0.6 is 0 Å². The van der Waals surface area contributed by atoms with Gasteiger partial charge in [0.2, 0.25) is 5.95 Å². The number of nitrogens with zero attached hydrogens (tertiary/aromatic N) is 6. The van der Waals surface area contributed by atoms with E-state index in [1.165, 1.54) is 12.1 Å². The number of piperazine rings is 1. The van der Waals surface area contributed by atoms with Crippen LogP contribution in [0.4, 0.5) is 16.0 Å². The Hall–Kier alpha value is -3.46. The van der Waals surface area contributed by atoms with Crippen LogP contribution in [0.25, 0.3) is 16.6 Å². The third kappa shape index (κ3) is 3.26. The largest absolute Gasteiger partial charge is 0.494 e. The molecular weight excluding hydrogens is 385 g/mol. The number of para-hydroxylation sites is 1. The Balaban J connectivity index is 1.35. The Morgan fingerprint density at radius 3 is 2.53 bits per heavy atom. The molecule has 1 saturated heterocycles. The molecule has 0 aliphatic carbocycles. The minimum absolute atomic E-state index is 0.214. The van der Waals surface area contributed by atoms with Crippen molar-refractivity contribution in [1.82, 2.24) is 24.5 Å². The van der Waals surface area contributed by atoms with Crippen LogP contribution in [0, 0.1) is 5.82 Å². The average molecular weight is 407 g/mol. The van der Waals surface area contributed by atoms with Crippen molar-refractivity contribution in [2.45, 2.75) is 6.54 Å². The Morgan fingerprint density at radius 1 is 1.03 bits per heavy atom. The maximum Gasteiger partial charge on any atom is 0.223 e. The summed E-state index contributed by atoms with van der Waals surface area (Å²) < 4.78 is 20.1. The summed E-state index contributed by atoms with van der Waals surface area (Å²) >= 11 is 0. The van der Waals surface area contributed by atoms with Gasteiger partial charge in [0, 0.05) is 37.3 Å². The van der Waals surface area contributed by atoms with Gasteiger partial charge in [-0.2, -0.15) is 4.52 Å². The van der Waals surface area contributed by atoms with Crippen LogP contribution in [0.5, 0.6) is 5.75 Å². The van der Waals surface area contributed by atoms with E-state index in [4.69, 9.17) is 15.5 Å². The summed E-state index contributed by atoms with van der Waals surface area (Å²) in [6, 6.07) is 12.3. The number of methoxy groups -OCH3 is 1. The molecule has 8 nitrogen and oxygen atoms in total. The SMILES string of the molecule is COc1cccc2c1nc(N)n1nc(CN3CCN(c4ccc(F)cc4)CC3)nc21. The quantitative estimate of drug-likeness (QED) is 0.556. The van der Waals surface area contributed by atoms with Crippen molar-refractivity contribution in [2.75, 3.05) is 43.9 Å².